The minimum Gasteiger partial charge on any atom is -0.481 e. The summed E-state index contributed by atoms with van der Waals surface area (Å²) in [6.45, 7) is 11.5. The maximum Gasteiger partial charge on any atom is 0.219 e. The van der Waals surface area contributed by atoms with Gasteiger partial charge in [-0.2, -0.15) is 18.7 Å². The lowest BCUT2D eigenvalue weighted by atomic mass is 10.3. The van der Waals surface area contributed by atoms with Crippen molar-refractivity contribution in [3.8, 4) is 11.8 Å². The lowest BCUT2D eigenvalue weighted by Crippen LogP contribution is -1.92. The van der Waals surface area contributed by atoms with Crippen molar-refractivity contribution in [3.05, 3.63) is 47.3 Å². The molecule has 2 aromatic rings. The zero-order chi connectivity index (χ0) is 19.1. The molecular formula is C18H28F2N2O2. The van der Waals surface area contributed by atoms with E-state index in [4.69, 9.17) is 9.47 Å². The lowest BCUT2D eigenvalue weighted by molar-refractivity contribution is 0.384. The highest BCUT2D eigenvalue weighted by atomic mass is 19.1. The van der Waals surface area contributed by atoms with Crippen molar-refractivity contribution in [2.75, 3.05) is 14.2 Å². The molecule has 2 rings (SSSR count). The maximum atomic E-state index is 12.6. The van der Waals surface area contributed by atoms with Gasteiger partial charge in [-0.3, -0.25) is 0 Å². The number of methoxy groups -OCH3 is 2. The molecule has 0 unspecified atom stereocenters. The number of nitrogens with zero attached hydrogens (tertiary/aromatic N) is 2. The Labute approximate surface area is 143 Å². The molecule has 0 spiro atoms. The second-order valence-electron chi connectivity index (χ2n) is 3.92. The van der Waals surface area contributed by atoms with Crippen LogP contribution >= 0.6 is 0 Å². The monoisotopic (exact) mass is 342 g/mol. The van der Waals surface area contributed by atoms with Crippen LogP contribution in [0.3, 0.4) is 0 Å². The van der Waals surface area contributed by atoms with E-state index in [-0.39, 0.29) is 0 Å². The van der Waals surface area contributed by atoms with Crippen molar-refractivity contribution in [1.29, 1.82) is 0 Å². The van der Waals surface area contributed by atoms with E-state index in [9.17, 15) is 8.78 Å². The molecule has 4 nitrogen and oxygen atoms in total. The number of rotatable bonds is 2. The SMILES string of the molecule is CC.CC.COc1ccc(C)c(F)n1.COc1nc(F)ccc1C. The van der Waals surface area contributed by atoms with E-state index in [2.05, 4.69) is 9.97 Å². The summed E-state index contributed by atoms with van der Waals surface area (Å²) >= 11 is 0. The van der Waals surface area contributed by atoms with Gasteiger partial charge in [0.15, 0.2) is 0 Å². The molecule has 2 aromatic heterocycles. The van der Waals surface area contributed by atoms with E-state index in [1.165, 1.54) is 20.3 Å². The van der Waals surface area contributed by atoms with E-state index in [1.54, 1.807) is 25.1 Å². The minimum atomic E-state index is -0.512. The Morgan fingerprint density at radius 2 is 1.29 bits per heavy atom. The maximum absolute atomic E-state index is 12.6. The third-order valence-corrected chi connectivity index (χ3v) is 2.43. The van der Waals surface area contributed by atoms with Gasteiger partial charge in [0, 0.05) is 17.2 Å². The number of aromatic nitrogens is 2. The van der Waals surface area contributed by atoms with Gasteiger partial charge in [-0.05, 0) is 32.0 Å². The number of hydrogen-bond donors (Lipinski definition) is 0. The van der Waals surface area contributed by atoms with Crippen molar-refractivity contribution in [1.82, 2.24) is 9.97 Å². The first-order valence-corrected chi connectivity index (χ1v) is 7.82. The second kappa shape index (κ2) is 14.4. The number of halogens is 2. The summed E-state index contributed by atoms with van der Waals surface area (Å²) in [5.41, 5.74) is 1.37. The van der Waals surface area contributed by atoms with Gasteiger partial charge in [-0.15, -0.1) is 0 Å². The summed E-state index contributed by atoms with van der Waals surface area (Å²) in [6, 6.07) is 6.18. The zero-order valence-corrected chi connectivity index (χ0v) is 15.8. The highest BCUT2D eigenvalue weighted by Gasteiger charge is 1.99. The summed E-state index contributed by atoms with van der Waals surface area (Å²) in [5.74, 6) is -0.329. The number of hydrogen-bond acceptors (Lipinski definition) is 4. The van der Waals surface area contributed by atoms with Crippen LogP contribution in [0.15, 0.2) is 24.3 Å². The van der Waals surface area contributed by atoms with Gasteiger partial charge in [-0.25, -0.2) is 0 Å². The molecule has 0 aliphatic rings. The normalized spacial score (nSPS) is 8.42. The average molecular weight is 342 g/mol. The molecule has 6 heteroatoms. The molecule has 0 aliphatic carbocycles. The van der Waals surface area contributed by atoms with Gasteiger partial charge in [-0.1, -0.05) is 27.7 Å². The summed E-state index contributed by atoms with van der Waals surface area (Å²) in [5, 5.41) is 0. The Bertz CT molecular complexity index is 579. The van der Waals surface area contributed by atoms with Crippen LogP contribution in [0.2, 0.25) is 0 Å². The molecule has 136 valence electrons. The first kappa shape index (κ1) is 24.0. The molecule has 0 aliphatic heterocycles. The number of aryl methyl sites for hydroxylation is 2. The Hall–Kier alpha value is -2.24. The number of pyridine rings is 2. The predicted molar refractivity (Wildman–Crippen MR) is 93.7 cm³/mol. The fourth-order valence-electron chi connectivity index (χ4n) is 1.30. The summed E-state index contributed by atoms with van der Waals surface area (Å²) in [4.78, 5) is 7.00. The summed E-state index contributed by atoms with van der Waals surface area (Å²) in [7, 11) is 2.92. The van der Waals surface area contributed by atoms with Gasteiger partial charge >= 0.3 is 0 Å². The molecule has 0 aromatic carbocycles. The van der Waals surface area contributed by atoms with Crippen LogP contribution in [0.4, 0.5) is 8.78 Å². The molecule has 0 atom stereocenters. The van der Waals surface area contributed by atoms with Crippen molar-refractivity contribution in [3.63, 3.8) is 0 Å². The second-order valence-corrected chi connectivity index (χ2v) is 3.92. The standard InChI is InChI=1S/2C7H8FNO.2C2H6/c1-5-3-4-6(10-2)9-7(5)8;1-5-3-4-6(8)9-7(5)10-2;2*1-2/h2*3-4H,1-2H3;2*1-2H3. The first-order chi connectivity index (χ1) is 11.5. The molecule has 2 heterocycles. The summed E-state index contributed by atoms with van der Waals surface area (Å²) < 4.78 is 34.4. The molecule has 0 fully saturated rings. The van der Waals surface area contributed by atoms with E-state index in [0.717, 1.165) is 5.56 Å². The topological polar surface area (TPSA) is 44.2 Å². The third-order valence-electron chi connectivity index (χ3n) is 2.43. The quantitative estimate of drug-likeness (QED) is 0.710. The Balaban J connectivity index is 0. The fourth-order valence-corrected chi connectivity index (χ4v) is 1.30. The Kier molecular flexibility index (Phi) is 14.4. The van der Waals surface area contributed by atoms with Gasteiger partial charge in [0.2, 0.25) is 23.7 Å². The molecule has 0 bridgehead atoms. The smallest absolute Gasteiger partial charge is 0.219 e. The van der Waals surface area contributed by atoms with Crippen molar-refractivity contribution in [2.45, 2.75) is 41.5 Å². The zero-order valence-electron chi connectivity index (χ0n) is 15.8. The van der Waals surface area contributed by atoms with Gasteiger partial charge in [0.1, 0.15) is 0 Å². The average Bonchev–Trinajstić information content (AvgIpc) is 2.63. The van der Waals surface area contributed by atoms with Crippen molar-refractivity contribution in [2.24, 2.45) is 0 Å². The largest absolute Gasteiger partial charge is 0.481 e. The van der Waals surface area contributed by atoms with E-state index in [0.29, 0.717) is 17.3 Å². The first-order valence-electron chi connectivity index (χ1n) is 7.82. The molecular weight excluding hydrogens is 314 g/mol. The number of ether oxygens (including phenoxy) is 2. The fraction of sp³-hybridized carbons (Fsp3) is 0.444. The van der Waals surface area contributed by atoms with Gasteiger partial charge in [0.05, 0.1) is 14.2 Å². The highest BCUT2D eigenvalue weighted by Crippen LogP contribution is 2.12. The van der Waals surface area contributed by atoms with Crippen LogP contribution in [0.5, 0.6) is 11.8 Å². The highest BCUT2D eigenvalue weighted by molar-refractivity contribution is 5.23. The van der Waals surface area contributed by atoms with Crippen LogP contribution in [0, 0.1) is 25.7 Å². The molecule has 0 N–H and O–H groups in total. The Morgan fingerprint density at radius 1 is 0.750 bits per heavy atom. The van der Waals surface area contributed by atoms with Gasteiger partial charge in [0.25, 0.3) is 0 Å². The van der Waals surface area contributed by atoms with Crippen LogP contribution < -0.4 is 9.47 Å². The molecule has 0 saturated heterocycles. The van der Waals surface area contributed by atoms with E-state index >= 15 is 0 Å². The molecule has 0 radical (unpaired) electrons. The van der Waals surface area contributed by atoms with Crippen LogP contribution in [-0.4, -0.2) is 24.2 Å². The van der Waals surface area contributed by atoms with Crippen molar-refractivity contribution >= 4 is 0 Å². The summed E-state index contributed by atoms with van der Waals surface area (Å²) in [6.07, 6.45) is 0. The lowest BCUT2D eigenvalue weighted by Gasteiger charge is -2.00. The van der Waals surface area contributed by atoms with E-state index in [1.807, 2.05) is 34.6 Å². The Morgan fingerprint density at radius 3 is 1.71 bits per heavy atom. The van der Waals surface area contributed by atoms with Crippen LogP contribution in [0.25, 0.3) is 0 Å². The van der Waals surface area contributed by atoms with E-state index < -0.39 is 11.9 Å². The van der Waals surface area contributed by atoms with Gasteiger partial charge < -0.3 is 9.47 Å². The third kappa shape index (κ3) is 9.02. The minimum absolute atomic E-state index is 0.308. The predicted octanol–water partition coefficient (Wildman–Crippen LogP) is 5.13. The van der Waals surface area contributed by atoms with Crippen LogP contribution in [0.1, 0.15) is 38.8 Å². The molecule has 0 amide bonds. The van der Waals surface area contributed by atoms with Crippen molar-refractivity contribution < 1.29 is 18.3 Å². The molecule has 24 heavy (non-hydrogen) atoms. The van der Waals surface area contributed by atoms with Crippen LogP contribution in [-0.2, 0) is 0 Å². The molecule has 0 saturated carbocycles.